The Morgan fingerprint density at radius 1 is 0.865 bits per heavy atom. The highest BCUT2D eigenvalue weighted by atomic mass is 19.4. The number of halogens is 6. The Morgan fingerprint density at radius 2 is 1.46 bits per heavy atom. The van der Waals surface area contributed by atoms with E-state index in [0.29, 0.717) is 5.92 Å². The van der Waals surface area contributed by atoms with E-state index in [9.17, 15) is 31.1 Å². The van der Waals surface area contributed by atoms with E-state index in [1.54, 1.807) is 11.9 Å². The largest absolute Gasteiger partial charge is 0.391 e. The molecule has 1 amide bonds. The third-order valence-electron chi connectivity index (χ3n) is 9.80. The Labute approximate surface area is 216 Å². The van der Waals surface area contributed by atoms with Crippen molar-refractivity contribution in [2.45, 2.75) is 89.0 Å². The summed E-state index contributed by atoms with van der Waals surface area (Å²) in [6.07, 6.45) is -2.29. The molecule has 4 nitrogen and oxygen atoms in total. The molecule has 37 heavy (non-hydrogen) atoms. The summed E-state index contributed by atoms with van der Waals surface area (Å²) in [7, 11) is 1.68. The number of nitrogens with zero attached hydrogens (tertiary/aromatic N) is 2. The van der Waals surface area contributed by atoms with Crippen LogP contribution in [0.5, 0.6) is 0 Å². The molecule has 3 aliphatic carbocycles. The molecule has 1 saturated heterocycles. The van der Waals surface area contributed by atoms with Gasteiger partial charge in [-0.05, 0) is 68.6 Å². The summed E-state index contributed by atoms with van der Waals surface area (Å²) < 4.78 is 80.4. The topological polar surface area (TPSA) is 35.6 Å². The quantitative estimate of drug-likeness (QED) is 0.429. The van der Waals surface area contributed by atoms with E-state index in [0.717, 1.165) is 51.4 Å². The van der Waals surface area contributed by atoms with Crippen molar-refractivity contribution in [1.82, 2.24) is 15.1 Å². The first kappa shape index (κ1) is 29.0. The van der Waals surface area contributed by atoms with Crippen molar-refractivity contribution in [3.8, 4) is 0 Å². The Morgan fingerprint density at radius 3 is 2.05 bits per heavy atom. The molecule has 3 saturated carbocycles. The lowest BCUT2D eigenvalue weighted by Crippen LogP contribution is -2.58. The molecule has 6 atom stereocenters. The zero-order valence-electron chi connectivity index (χ0n) is 21.9. The summed E-state index contributed by atoms with van der Waals surface area (Å²) >= 11 is 0. The first-order valence-corrected chi connectivity index (χ1v) is 14.3. The van der Waals surface area contributed by atoms with Crippen LogP contribution in [0, 0.1) is 35.5 Å². The molecule has 0 spiro atoms. The van der Waals surface area contributed by atoms with Crippen molar-refractivity contribution in [2.24, 2.45) is 35.5 Å². The first-order chi connectivity index (χ1) is 17.4. The number of rotatable bonds is 6. The maximum Gasteiger partial charge on any atom is 0.391 e. The third kappa shape index (κ3) is 7.34. The van der Waals surface area contributed by atoms with Gasteiger partial charge in [0.1, 0.15) is 0 Å². The molecule has 214 valence electrons. The Kier molecular flexibility index (Phi) is 9.40. The minimum atomic E-state index is -4.63. The minimum absolute atomic E-state index is 0.0169. The number of hydrogen-bond acceptors (Lipinski definition) is 3. The van der Waals surface area contributed by atoms with Gasteiger partial charge in [-0.25, -0.2) is 0 Å². The average molecular weight is 540 g/mol. The first-order valence-electron chi connectivity index (χ1n) is 14.3. The van der Waals surface area contributed by atoms with Crippen molar-refractivity contribution in [2.75, 3.05) is 39.8 Å². The molecular weight excluding hydrogens is 496 g/mol. The van der Waals surface area contributed by atoms with Gasteiger partial charge in [-0.1, -0.05) is 25.7 Å². The molecular formula is C27H43F6N3O. The van der Waals surface area contributed by atoms with Crippen LogP contribution in [0.2, 0.25) is 0 Å². The number of carbonyl (C=O) groups excluding carboxylic acids is 1. The SMILES string of the molecule is CN(CCC1CC(C(F)(F)F)CC(C(F)(F)F)C1)C(=O)C(C1CCC2CCCCC2C1)N1CCNCC1. The van der Waals surface area contributed by atoms with Crippen LogP contribution in [0.4, 0.5) is 26.3 Å². The highest BCUT2D eigenvalue weighted by Gasteiger charge is 2.51. The van der Waals surface area contributed by atoms with Crippen LogP contribution in [-0.2, 0) is 4.79 Å². The van der Waals surface area contributed by atoms with Gasteiger partial charge in [0.25, 0.3) is 0 Å². The summed E-state index contributed by atoms with van der Waals surface area (Å²) in [6, 6.07) is -0.257. The smallest absolute Gasteiger partial charge is 0.344 e. The number of nitrogens with one attached hydrogen (secondary N) is 1. The highest BCUT2D eigenvalue weighted by Crippen LogP contribution is 2.48. The van der Waals surface area contributed by atoms with Crippen LogP contribution in [-0.4, -0.2) is 73.9 Å². The fourth-order valence-corrected chi connectivity index (χ4v) is 7.73. The Bertz CT molecular complexity index is 731. The molecule has 0 aromatic carbocycles. The van der Waals surface area contributed by atoms with Crippen LogP contribution < -0.4 is 5.32 Å². The summed E-state index contributed by atoms with van der Waals surface area (Å²) in [5, 5.41) is 3.34. The van der Waals surface area contributed by atoms with Crippen molar-refractivity contribution >= 4 is 5.91 Å². The number of alkyl halides is 6. The Balaban J connectivity index is 1.41. The van der Waals surface area contributed by atoms with Crippen molar-refractivity contribution in [3.63, 3.8) is 0 Å². The molecule has 4 fully saturated rings. The van der Waals surface area contributed by atoms with Crippen LogP contribution >= 0.6 is 0 Å². The van der Waals surface area contributed by atoms with Crippen molar-refractivity contribution in [3.05, 3.63) is 0 Å². The maximum absolute atomic E-state index is 13.8. The summed E-state index contributed by atoms with van der Waals surface area (Å²) in [6.45, 7) is 3.37. The van der Waals surface area contributed by atoms with Gasteiger partial charge in [0.2, 0.25) is 5.91 Å². The Hall–Kier alpha value is -1.03. The molecule has 1 aliphatic heterocycles. The molecule has 0 bridgehead atoms. The number of piperazine rings is 1. The summed E-state index contributed by atoms with van der Waals surface area (Å²) in [5.41, 5.74) is 0. The van der Waals surface area contributed by atoms with Crippen LogP contribution in [0.1, 0.15) is 70.6 Å². The minimum Gasteiger partial charge on any atom is -0.344 e. The maximum atomic E-state index is 13.8. The average Bonchev–Trinajstić information content (AvgIpc) is 2.86. The molecule has 0 aromatic heterocycles. The van der Waals surface area contributed by atoms with E-state index in [1.165, 1.54) is 25.7 Å². The number of hydrogen-bond donors (Lipinski definition) is 1. The van der Waals surface area contributed by atoms with Crippen LogP contribution in [0.25, 0.3) is 0 Å². The predicted molar refractivity (Wildman–Crippen MR) is 130 cm³/mol. The van der Waals surface area contributed by atoms with E-state index < -0.39 is 36.5 Å². The molecule has 4 rings (SSSR count). The van der Waals surface area contributed by atoms with E-state index in [1.807, 2.05) is 0 Å². The second-order valence-corrected chi connectivity index (χ2v) is 12.2. The number of fused-ring (bicyclic) bond motifs is 1. The highest BCUT2D eigenvalue weighted by molar-refractivity contribution is 5.82. The number of amides is 1. The normalized spacial score (nSPS) is 35.0. The zero-order valence-corrected chi connectivity index (χ0v) is 21.9. The number of carbonyl (C=O) groups is 1. The third-order valence-corrected chi connectivity index (χ3v) is 9.80. The molecule has 1 heterocycles. The van der Waals surface area contributed by atoms with E-state index in [-0.39, 0.29) is 43.7 Å². The second-order valence-electron chi connectivity index (χ2n) is 12.2. The molecule has 4 aliphatic rings. The van der Waals surface area contributed by atoms with Gasteiger partial charge >= 0.3 is 12.4 Å². The van der Waals surface area contributed by atoms with Gasteiger partial charge in [0.05, 0.1) is 17.9 Å². The fourth-order valence-electron chi connectivity index (χ4n) is 7.73. The summed E-state index contributed by atoms with van der Waals surface area (Å²) in [5.74, 6) is -2.90. The fraction of sp³-hybridized carbons (Fsp3) is 0.963. The van der Waals surface area contributed by atoms with E-state index in [2.05, 4.69) is 10.2 Å². The van der Waals surface area contributed by atoms with E-state index >= 15 is 0 Å². The molecule has 0 radical (unpaired) electrons. The van der Waals surface area contributed by atoms with Gasteiger partial charge in [-0.2, -0.15) is 26.3 Å². The zero-order chi connectivity index (χ0) is 26.8. The van der Waals surface area contributed by atoms with E-state index in [4.69, 9.17) is 0 Å². The van der Waals surface area contributed by atoms with Gasteiger partial charge in [-0.15, -0.1) is 0 Å². The van der Waals surface area contributed by atoms with Gasteiger partial charge in [0.15, 0.2) is 0 Å². The lowest BCUT2D eigenvalue weighted by Gasteiger charge is -2.46. The standard InChI is InChI=1S/C27H43F6N3O/c1-35(11-8-18-14-22(26(28,29)30)17-23(15-18)27(31,32)33)25(37)24(36-12-9-34-10-13-36)21-7-6-19-4-2-3-5-20(19)16-21/h18-24,34H,2-17H2,1H3. The van der Waals surface area contributed by atoms with Gasteiger partial charge in [-0.3, -0.25) is 9.69 Å². The molecule has 1 N–H and O–H groups in total. The van der Waals surface area contributed by atoms with Crippen molar-refractivity contribution < 1.29 is 31.1 Å². The lowest BCUT2D eigenvalue weighted by molar-refractivity contribution is -0.229. The molecule has 10 heteroatoms. The second kappa shape index (κ2) is 12.0. The number of likely N-dealkylation sites (N-methyl/N-ethyl adjacent to an activating group) is 1. The lowest BCUT2D eigenvalue weighted by atomic mass is 9.65. The van der Waals surface area contributed by atoms with Gasteiger partial charge < -0.3 is 10.2 Å². The van der Waals surface area contributed by atoms with Crippen LogP contribution in [0.3, 0.4) is 0 Å². The summed E-state index contributed by atoms with van der Waals surface area (Å²) in [4.78, 5) is 17.7. The monoisotopic (exact) mass is 539 g/mol. The molecule has 6 unspecified atom stereocenters. The molecule has 0 aromatic rings. The predicted octanol–water partition coefficient (Wildman–Crippen LogP) is 5.87. The van der Waals surface area contributed by atoms with Crippen molar-refractivity contribution in [1.29, 1.82) is 0 Å². The van der Waals surface area contributed by atoms with Crippen LogP contribution in [0.15, 0.2) is 0 Å². The van der Waals surface area contributed by atoms with Gasteiger partial charge in [0, 0.05) is 39.8 Å².